The number of hydrogen-bond acceptors (Lipinski definition) is 3. The number of urea groups is 1. The van der Waals surface area contributed by atoms with Crippen LogP contribution in [0.25, 0.3) is 0 Å². The highest BCUT2D eigenvalue weighted by molar-refractivity contribution is 5.95. The van der Waals surface area contributed by atoms with E-state index in [9.17, 15) is 9.59 Å². The number of amides is 2. The van der Waals surface area contributed by atoms with Crippen molar-refractivity contribution in [2.45, 2.75) is 72.3 Å². The second kappa shape index (κ2) is 11.6. The molecule has 0 aromatic heterocycles. The van der Waals surface area contributed by atoms with Crippen LogP contribution in [0.1, 0.15) is 77.8 Å². The highest BCUT2D eigenvalue weighted by Crippen LogP contribution is 2.38. The van der Waals surface area contributed by atoms with Crippen LogP contribution in [0.5, 0.6) is 0 Å². The van der Waals surface area contributed by atoms with Crippen molar-refractivity contribution in [1.82, 2.24) is 9.80 Å². The van der Waals surface area contributed by atoms with Crippen molar-refractivity contribution in [2.24, 2.45) is 0 Å². The van der Waals surface area contributed by atoms with Gasteiger partial charge in [0.2, 0.25) is 0 Å². The number of allylic oxidation sites excluding steroid dienone is 1. The second-order valence-corrected chi connectivity index (χ2v) is 7.57. The molecule has 1 aliphatic heterocycles. The van der Waals surface area contributed by atoms with Gasteiger partial charge < -0.3 is 9.64 Å². The third kappa shape index (κ3) is 5.62. The van der Waals surface area contributed by atoms with E-state index in [0.29, 0.717) is 25.3 Å². The Morgan fingerprint density at radius 1 is 0.966 bits per heavy atom. The van der Waals surface area contributed by atoms with Crippen LogP contribution < -0.4 is 0 Å². The van der Waals surface area contributed by atoms with Gasteiger partial charge in [0.15, 0.2) is 0 Å². The summed E-state index contributed by atoms with van der Waals surface area (Å²) in [6.45, 7) is 9.58. The van der Waals surface area contributed by atoms with Crippen LogP contribution in [0, 0.1) is 0 Å². The molecule has 2 amide bonds. The van der Waals surface area contributed by atoms with Crippen molar-refractivity contribution < 1.29 is 14.3 Å². The minimum absolute atomic E-state index is 0.00314. The van der Waals surface area contributed by atoms with Crippen LogP contribution in [-0.2, 0) is 9.53 Å². The van der Waals surface area contributed by atoms with Crippen LogP contribution >= 0.6 is 0 Å². The van der Waals surface area contributed by atoms with E-state index >= 15 is 0 Å². The molecule has 5 nitrogen and oxygen atoms in total. The van der Waals surface area contributed by atoms with Crippen molar-refractivity contribution in [3.8, 4) is 0 Å². The van der Waals surface area contributed by atoms with Crippen molar-refractivity contribution in [1.29, 1.82) is 0 Å². The van der Waals surface area contributed by atoms with Gasteiger partial charge in [-0.25, -0.2) is 9.59 Å². The molecule has 0 saturated heterocycles. The molecule has 1 aromatic carbocycles. The van der Waals surface area contributed by atoms with Crippen molar-refractivity contribution in [3.05, 3.63) is 47.2 Å². The van der Waals surface area contributed by atoms with Gasteiger partial charge in [0, 0.05) is 18.8 Å². The highest BCUT2D eigenvalue weighted by atomic mass is 16.5. The summed E-state index contributed by atoms with van der Waals surface area (Å²) in [4.78, 5) is 30.2. The summed E-state index contributed by atoms with van der Waals surface area (Å²) in [5.41, 5.74) is 2.27. The minimum Gasteiger partial charge on any atom is -0.463 e. The van der Waals surface area contributed by atoms with Gasteiger partial charge in [-0.2, -0.15) is 0 Å². The predicted octanol–water partition coefficient (Wildman–Crippen LogP) is 5.68. The van der Waals surface area contributed by atoms with E-state index in [0.717, 1.165) is 49.8 Å². The third-order valence-corrected chi connectivity index (χ3v) is 5.45. The van der Waals surface area contributed by atoms with Gasteiger partial charge in [-0.3, -0.25) is 4.90 Å². The number of ether oxygens (including phenoxy) is 1. The van der Waals surface area contributed by atoms with Gasteiger partial charge in [-0.05, 0) is 32.3 Å². The van der Waals surface area contributed by atoms with E-state index in [-0.39, 0.29) is 12.0 Å². The Morgan fingerprint density at radius 3 is 2.17 bits per heavy atom. The van der Waals surface area contributed by atoms with Crippen LogP contribution in [-0.4, -0.2) is 41.5 Å². The van der Waals surface area contributed by atoms with E-state index in [1.165, 1.54) is 0 Å². The van der Waals surface area contributed by atoms with Gasteiger partial charge in [-0.15, -0.1) is 0 Å². The van der Waals surface area contributed by atoms with Crippen LogP contribution in [0.3, 0.4) is 0 Å². The summed E-state index contributed by atoms with van der Waals surface area (Å²) in [6.07, 6.45) is 6.13. The summed E-state index contributed by atoms with van der Waals surface area (Å²) < 4.78 is 5.43. The molecule has 0 spiro atoms. The number of unbranched alkanes of at least 4 members (excludes halogenated alkanes) is 4. The SMILES string of the molecule is CCCCCN1C(=O)N(CCCCC)C(c2ccccc2)C(C(=O)OCC)=C1C. The van der Waals surface area contributed by atoms with E-state index in [2.05, 4.69) is 13.8 Å². The Kier molecular flexibility index (Phi) is 9.23. The molecule has 160 valence electrons. The van der Waals surface area contributed by atoms with Crippen LogP contribution in [0.4, 0.5) is 4.79 Å². The molecule has 0 N–H and O–H groups in total. The zero-order valence-electron chi connectivity index (χ0n) is 18.4. The average molecular weight is 401 g/mol. The van der Waals surface area contributed by atoms with Crippen molar-refractivity contribution in [3.63, 3.8) is 0 Å². The lowest BCUT2D eigenvalue weighted by atomic mass is 9.92. The van der Waals surface area contributed by atoms with E-state index in [1.807, 2.05) is 49.1 Å². The maximum absolute atomic E-state index is 13.5. The van der Waals surface area contributed by atoms with Crippen molar-refractivity contribution >= 4 is 12.0 Å². The number of rotatable bonds is 11. The molecule has 0 fully saturated rings. The molecule has 1 aromatic rings. The summed E-state index contributed by atoms with van der Waals surface area (Å²) >= 11 is 0. The van der Waals surface area contributed by atoms with Gasteiger partial charge in [-0.1, -0.05) is 69.9 Å². The molecule has 5 heteroatoms. The molecule has 1 aliphatic rings. The summed E-state index contributed by atoms with van der Waals surface area (Å²) in [5.74, 6) is -0.327. The molecule has 0 aliphatic carbocycles. The quantitative estimate of drug-likeness (QED) is 0.354. The zero-order chi connectivity index (χ0) is 21.2. The first-order valence-corrected chi connectivity index (χ1v) is 11.1. The third-order valence-electron chi connectivity index (χ3n) is 5.45. The number of esters is 1. The van der Waals surface area contributed by atoms with Gasteiger partial charge in [0.05, 0.1) is 18.2 Å². The fraction of sp³-hybridized carbons (Fsp3) is 0.583. The molecule has 1 atom stereocenters. The zero-order valence-corrected chi connectivity index (χ0v) is 18.4. The average Bonchev–Trinajstić information content (AvgIpc) is 2.72. The Bertz CT molecular complexity index is 699. The number of nitrogens with zero attached hydrogens (tertiary/aromatic N) is 2. The van der Waals surface area contributed by atoms with E-state index < -0.39 is 6.04 Å². The molecule has 0 radical (unpaired) electrons. The Hall–Kier alpha value is -2.30. The first kappa shape index (κ1) is 23.0. The van der Waals surface area contributed by atoms with Gasteiger partial charge in [0.1, 0.15) is 0 Å². The predicted molar refractivity (Wildman–Crippen MR) is 116 cm³/mol. The van der Waals surface area contributed by atoms with Gasteiger partial charge in [0.25, 0.3) is 0 Å². The van der Waals surface area contributed by atoms with Crippen molar-refractivity contribution in [2.75, 3.05) is 19.7 Å². The number of benzene rings is 1. The number of carbonyl (C=O) groups is 2. The maximum atomic E-state index is 13.5. The number of carbonyl (C=O) groups excluding carboxylic acids is 2. The lowest BCUT2D eigenvalue weighted by molar-refractivity contribution is -0.139. The lowest BCUT2D eigenvalue weighted by Crippen LogP contribution is -2.51. The topological polar surface area (TPSA) is 49.9 Å². The first-order valence-electron chi connectivity index (χ1n) is 11.1. The lowest BCUT2D eigenvalue weighted by Gasteiger charge is -2.43. The highest BCUT2D eigenvalue weighted by Gasteiger charge is 2.41. The fourth-order valence-electron chi connectivity index (χ4n) is 3.90. The maximum Gasteiger partial charge on any atom is 0.338 e. The molecule has 0 bridgehead atoms. The molecule has 0 saturated carbocycles. The normalized spacial score (nSPS) is 17.1. The Labute approximate surface area is 175 Å². The fourth-order valence-corrected chi connectivity index (χ4v) is 3.90. The summed E-state index contributed by atoms with van der Waals surface area (Å²) in [5, 5.41) is 0. The van der Waals surface area contributed by atoms with E-state index in [1.54, 1.807) is 4.90 Å². The first-order chi connectivity index (χ1) is 14.1. The summed E-state index contributed by atoms with van der Waals surface area (Å²) in [7, 11) is 0. The smallest absolute Gasteiger partial charge is 0.338 e. The summed E-state index contributed by atoms with van der Waals surface area (Å²) in [6, 6.07) is 9.44. The molecule has 29 heavy (non-hydrogen) atoms. The molecule has 2 rings (SSSR count). The molecule has 1 unspecified atom stereocenters. The number of hydrogen-bond donors (Lipinski definition) is 0. The Balaban J connectivity index is 2.51. The molecular weight excluding hydrogens is 364 g/mol. The van der Waals surface area contributed by atoms with Crippen LogP contribution in [0.15, 0.2) is 41.6 Å². The van der Waals surface area contributed by atoms with E-state index in [4.69, 9.17) is 4.74 Å². The minimum atomic E-state index is -0.401. The monoisotopic (exact) mass is 400 g/mol. The largest absolute Gasteiger partial charge is 0.463 e. The molecular formula is C24H36N2O3. The van der Waals surface area contributed by atoms with Crippen LogP contribution in [0.2, 0.25) is 0 Å². The Morgan fingerprint density at radius 2 is 1.59 bits per heavy atom. The second-order valence-electron chi connectivity index (χ2n) is 7.57. The standard InChI is InChI=1S/C24H36N2O3/c1-5-8-13-17-25-19(4)21(23(27)29-7-3)22(20-15-11-10-12-16-20)26(24(25)28)18-14-9-6-2/h10-12,15-16,22H,5-9,13-14,17-18H2,1-4H3. The van der Waals surface area contributed by atoms with Gasteiger partial charge >= 0.3 is 12.0 Å². The molecule has 1 heterocycles.